The number of ether oxygens (including phenoxy) is 2. The van der Waals surface area contributed by atoms with E-state index < -0.39 is 6.04 Å². The number of nitrogens with one attached hydrogen (secondary N) is 1. The van der Waals surface area contributed by atoms with E-state index in [1.54, 1.807) is 12.1 Å². The second-order valence-corrected chi connectivity index (χ2v) is 4.99. The maximum absolute atomic E-state index is 12.1. The lowest BCUT2D eigenvalue weighted by molar-refractivity contribution is -0.118. The zero-order valence-electron chi connectivity index (χ0n) is 12.2. The number of halogens is 1. The number of rotatable bonds is 6. The molecule has 0 heterocycles. The lowest BCUT2D eigenvalue weighted by Gasteiger charge is -2.19. The van der Waals surface area contributed by atoms with Crippen molar-refractivity contribution >= 4 is 23.2 Å². The Morgan fingerprint density at radius 3 is 2.45 bits per heavy atom. The van der Waals surface area contributed by atoms with Crippen LogP contribution in [0.25, 0.3) is 0 Å². The number of carbonyl (C=O) groups is 1. The third kappa shape index (κ3) is 3.77. The Balaban J connectivity index is 2.99. The first-order valence-corrected chi connectivity index (χ1v) is 6.80. The van der Waals surface area contributed by atoms with Crippen molar-refractivity contribution in [2.45, 2.75) is 26.3 Å². The van der Waals surface area contributed by atoms with Gasteiger partial charge in [-0.25, -0.2) is 0 Å². The van der Waals surface area contributed by atoms with Crippen molar-refractivity contribution in [1.82, 2.24) is 0 Å². The summed E-state index contributed by atoms with van der Waals surface area (Å²) in [6, 6.07) is 2.62. The molecule has 0 saturated heterocycles. The van der Waals surface area contributed by atoms with Crippen LogP contribution in [0, 0.1) is 5.92 Å². The number of methoxy groups -OCH3 is 2. The summed E-state index contributed by atoms with van der Waals surface area (Å²) in [6.45, 7) is 3.92. The molecule has 20 heavy (non-hydrogen) atoms. The molecule has 3 N–H and O–H groups in total. The van der Waals surface area contributed by atoms with E-state index in [0.29, 0.717) is 22.2 Å². The van der Waals surface area contributed by atoms with E-state index in [4.69, 9.17) is 26.8 Å². The van der Waals surface area contributed by atoms with E-state index >= 15 is 0 Å². The minimum atomic E-state index is -0.577. The molecule has 0 bridgehead atoms. The van der Waals surface area contributed by atoms with Crippen LogP contribution in [0.2, 0.25) is 5.02 Å². The predicted molar refractivity (Wildman–Crippen MR) is 80.6 cm³/mol. The standard InChI is InChI=1S/C14H21ClN2O3/c1-5-8(2)13(16)14(18)17-10-7-11(19-3)9(15)6-12(10)20-4/h6-8,13H,5,16H2,1-4H3,(H,17,18). The zero-order valence-corrected chi connectivity index (χ0v) is 13.0. The SMILES string of the molecule is CCC(C)C(N)C(=O)Nc1cc(OC)c(Cl)cc1OC. The van der Waals surface area contributed by atoms with Crippen molar-refractivity contribution in [2.75, 3.05) is 19.5 Å². The zero-order chi connectivity index (χ0) is 15.3. The van der Waals surface area contributed by atoms with Gasteiger partial charge < -0.3 is 20.5 Å². The van der Waals surface area contributed by atoms with Gasteiger partial charge in [0.25, 0.3) is 0 Å². The number of amides is 1. The summed E-state index contributed by atoms with van der Waals surface area (Å²) >= 11 is 6.01. The van der Waals surface area contributed by atoms with E-state index in [9.17, 15) is 4.79 Å². The van der Waals surface area contributed by atoms with E-state index in [1.807, 2.05) is 13.8 Å². The fourth-order valence-corrected chi connectivity index (χ4v) is 1.92. The van der Waals surface area contributed by atoms with Crippen LogP contribution in [0.4, 0.5) is 5.69 Å². The second kappa shape index (κ2) is 7.36. The molecule has 6 heteroatoms. The molecule has 0 saturated carbocycles. The van der Waals surface area contributed by atoms with E-state index in [2.05, 4.69) is 5.32 Å². The molecule has 1 aromatic rings. The molecule has 112 valence electrons. The Bertz CT molecular complexity index is 480. The maximum Gasteiger partial charge on any atom is 0.241 e. The van der Waals surface area contributed by atoms with E-state index in [1.165, 1.54) is 14.2 Å². The van der Waals surface area contributed by atoms with Gasteiger partial charge in [0.2, 0.25) is 5.91 Å². The normalized spacial score (nSPS) is 13.5. The summed E-state index contributed by atoms with van der Waals surface area (Å²) in [6.07, 6.45) is 0.829. The van der Waals surface area contributed by atoms with Crippen molar-refractivity contribution in [3.05, 3.63) is 17.2 Å². The van der Waals surface area contributed by atoms with Crippen molar-refractivity contribution in [2.24, 2.45) is 11.7 Å². The molecule has 5 nitrogen and oxygen atoms in total. The molecular formula is C14H21ClN2O3. The van der Waals surface area contributed by atoms with Crippen LogP contribution >= 0.6 is 11.6 Å². The minimum absolute atomic E-state index is 0.0928. The van der Waals surface area contributed by atoms with Gasteiger partial charge in [0.1, 0.15) is 11.5 Å². The lowest BCUT2D eigenvalue weighted by atomic mass is 9.99. The number of hydrogen-bond donors (Lipinski definition) is 2. The Kier molecular flexibility index (Phi) is 6.10. The summed E-state index contributed by atoms with van der Waals surface area (Å²) in [5.74, 6) is 0.748. The van der Waals surface area contributed by atoms with Crippen LogP contribution in [0.1, 0.15) is 20.3 Å². The van der Waals surface area contributed by atoms with Gasteiger partial charge in [-0.15, -0.1) is 0 Å². The van der Waals surface area contributed by atoms with Gasteiger partial charge in [-0.2, -0.15) is 0 Å². The maximum atomic E-state index is 12.1. The second-order valence-electron chi connectivity index (χ2n) is 4.59. The highest BCUT2D eigenvalue weighted by Crippen LogP contribution is 2.35. The Labute approximate surface area is 124 Å². The lowest BCUT2D eigenvalue weighted by Crippen LogP contribution is -2.40. The van der Waals surface area contributed by atoms with Gasteiger partial charge in [0, 0.05) is 12.1 Å². The quantitative estimate of drug-likeness (QED) is 0.847. The first-order chi connectivity index (χ1) is 9.44. The number of nitrogens with two attached hydrogens (primary N) is 1. The van der Waals surface area contributed by atoms with Crippen molar-refractivity contribution in [1.29, 1.82) is 0 Å². The molecule has 0 aliphatic rings. The minimum Gasteiger partial charge on any atom is -0.495 e. The average molecular weight is 301 g/mol. The molecule has 0 aliphatic carbocycles. The van der Waals surface area contributed by atoms with Crippen molar-refractivity contribution in [3.63, 3.8) is 0 Å². The highest BCUT2D eigenvalue weighted by molar-refractivity contribution is 6.32. The topological polar surface area (TPSA) is 73.6 Å². The summed E-state index contributed by atoms with van der Waals surface area (Å²) in [4.78, 5) is 12.1. The largest absolute Gasteiger partial charge is 0.495 e. The summed E-state index contributed by atoms with van der Waals surface area (Å²) in [5.41, 5.74) is 6.38. The highest BCUT2D eigenvalue weighted by Gasteiger charge is 2.21. The van der Waals surface area contributed by atoms with Gasteiger partial charge in [-0.1, -0.05) is 31.9 Å². The van der Waals surface area contributed by atoms with Gasteiger partial charge in [0.15, 0.2) is 0 Å². The molecule has 1 aromatic carbocycles. The fourth-order valence-electron chi connectivity index (χ4n) is 1.69. The van der Waals surface area contributed by atoms with Crippen LogP contribution in [-0.4, -0.2) is 26.2 Å². The van der Waals surface area contributed by atoms with Gasteiger partial charge in [0.05, 0.1) is 31.0 Å². The average Bonchev–Trinajstić information content (AvgIpc) is 2.46. The summed E-state index contributed by atoms with van der Waals surface area (Å²) < 4.78 is 10.3. The first kappa shape index (κ1) is 16.6. The first-order valence-electron chi connectivity index (χ1n) is 6.42. The monoisotopic (exact) mass is 300 g/mol. The molecular weight excluding hydrogens is 280 g/mol. The molecule has 0 aliphatic heterocycles. The van der Waals surface area contributed by atoms with Crippen molar-refractivity contribution < 1.29 is 14.3 Å². The predicted octanol–water partition coefficient (Wildman–Crippen LogP) is 2.67. The Morgan fingerprint density at radius 2 is 1.95 bits per heavy atom. The summed E-state index contributed by atoms with van der Waals surface area (Å²) in [5, 5.41) is 3.16. The highest BCUT2D eigenvalue weighted by atomic mass is 35.5. The van der Waals surface area contributed by atoms with Crippen LogP contribution < -0.4 is 20.5 Å². The summed E-state index contributed by atoms with van der Waals surface area (Å²) in [7, 11) is 3.01. The van der Waals surface area contributed by atoms with Crippen LogP contribution in [0.15, 0.2) is 12.1 Å². The smallest absolute Gasteiger partial charge is 0.241 e. The molecule has 0 radical (unpaired) electrons. The molecule has 1 amide bonds. The van der Waals surface area contributed by atoms with Crippen LogP contribution in [0.3, 0.4) is 0 Å². The molecule has 1 rings (SSSR count). The van der Waals surface area contributed by atoms with Crippen molar-refractivity contribution in [3.8, 4) is 11.5 Å². The molecule has 0 fully saturated rings. The molecule has 0 aromatic heterocycles. The van der Waals surface area contributed by atoms with E-state index in [0.717, 1.165) is 6.42 Å². The Morgan fingerprint density at radius 1 is 1.35 bits per heavy atom. The van der Waals surface area contributed by atoms with E-state index in [-0.39, 0.29) is 11.8 Å². The van der Waals surface area contributed by atoms with Gasteiger partial charge >= 0.3 is 0 Å². The Hall–Kier alpha value is -1.46. The van der Waals surface area contributed by atoms with Crippen LogP contribution in [0.5, 0.6) is 11.5 Å². The fraction of sp³-hybridized carbons (Fsp3) is 0.500. The third-order valence-corrected chi connectivity index (χ3v) is 3.59. The molecule has 2 unspecified atom stereocenters. The molecule has 0 spiro atoms. The third-order valence-electron chi connectivity index (χ3n) is 3.29. The number of benzene rings is 1. The van der Waals surface area contributed by atoms with Gasteiger partial charge in [-0.05, 0) is 5.92 Å². The van der Waals surface area contributed by atoms with Gasteiger partial charge in [-0.3, -0.25) is 4.79 Å². The number of carbonyl (C=O) groups excluding carboxylic acids is 1. The van der Waals surface area contributed by atoms with Crippen LogP contribution in [-0.2, 0) is 4.79 Å². The number of hydrogen-bond acceptors (Lipinski definition) is 4. The number of anilines is 1. The molecule has 2 atom stereocenters.